The number of hydrogen-bond acceptors (Lipinski definition) is 4. The van der Waals surface area contributed by atoms with Gasteiger partial charge >= 0.3 is 13.8 Å². The molecule has 6 nitrogen and oxygen atoms in total. The van der Waals surface area contributed by atoms with E-state index >= 15 is 0 Å². The number of aromatic nitrogens is 2. The topological polar surface area (TPSA) is 98.3 Å². The maximum absolute atomic E-state index is 10.4. The summed E-state index contributed by atoms with van der Waals surface area (Å²) in [6.45, 7) is 0. The lowest BCUT2D eigenvalue weighted by atomic mass is 10.7. The molecule has 0 amide bonds. The molecule has 60 valence electrons. The first kappa shape index (κ1) is 8.13. The Bertz CT molecular complexity index is 271. The van der Waals surface area contributed by atoms with Crippen molar-refractivity contribution in [1.29, 1.82) is 0 Å². The molecular formula is C4H6N3O3P. The molecule has 0 saturated carbocycles. The molecule has 0 radical (unpaired) electrons. The van der Waals surface area contributed by atoms with Crippen molar-refractivity contribution in [2.45, 2.75) is 0 Å². The van der Waals surface area contributed by atoms with Crippen molar-refractivity contribution in [2.75, 3.05) is 0 Å². The van der Waals surface area contributed by atoms with Gasteiger partial charge in [-0.15, -0.1) is 0 Å². The third kappa shape index (κ3) is 3.08. The van der Waals surface area contributed by atoms with E-state index < -0.39 is 7.75 Å². The number of rotatable bonds is 2. The molecule has 7 heteroatoms. The highest BCUT2D eigenvalue weighted by molar-refractivity contribution is 7.50. The summed E-state index contributed by atoms with van der Waals surface area (Å²) < 4.78 is 14.7. The summed E-state index contributed by atoms with van der Waals surface area (Å²) in [5.41, 5.74) is 4.68. The van der Waals surface area contributed by atoms with Gasteiger partial charge in [0.2, 0.25) is 0 Å². The van der Waals surface area contributed by atoms with Gasteiger partial charge in [-0.2, -0.15) is 0 Å². The van der Waals surface area contributed by atoms with Crippen LogP contribution in [0, 0.1) is 0 Å². The fourth-order valence-corrected chi connectivity index (χ4v) is 0.778. The molecule has 0 aromatic carbocycles. The molecule has 0 aliphatic carbocycles. The summed E-state index contributed by atoms with van der Waals surface area (Å²) in [4.78, 5) is 15.5. The van der Waals surface area contributed by atoms with Crippen LogP contribution in [-0.2, 0) is 4.57 Å². The van der Waals surface area contributed by atoms with Crippen molar-refractivity contribution < 1.29 is 14.0 Å². The van der Waals surface area contributed by atoms with Crippen molar-refractivity contribution in [3.05, 3.63) is 18.5 Å². The van der Waals surface area contributed by atoms with Crippen LogP contribution in [0.15, 0.2) is 18.5 Å². The van der Waals surface area contributed by atoms with Gasteiger partial charge in [0.15, 0.2) is 0 Å². The maximum atomic E-state index is 10.4. The zero-order valence-electron chi connectivity index (χ0n) is 5.41. The molecule has 0 spiro atoms. The third-order valence-electron chi connectivity index (χ3n) is 0.755. The van der Waals surface area contributed by atoms with E-state index in [-0.39, 0.29) is 6.01 Å². The maximum Gasteiger partial charge on any atom is 0.455 e. The Kier molecular flexibility index (Phi) is 2.19. The summed E-state index contributed by atoms with van der Waals surface area (Å²) in [5.74, 6) is 0. The monoisotopic (exact) mass is 175 g/mol. The molecule has 1 aromatic heterocycles. The Morgan fingerprint density at radius 2 is 2.09 bits per heavy atom. The van der Waals surface area contributed by atoms with E-state index in [1.165, 1.54) is 12.4 Å². The van der Waals surface area contributed by atoms with Gasteiger partial charge in [-0.05, 0) is 6.07 Å². The Hall–Kier alpha value is -0.970. The van der Waals surface area contributed by atoms with Gasteiger partial charge in [-0.1, -0.05) is 0 Å². The van der Waals surface area contributed by atoms with Crippen LogP contribution in [0.5, 0.6) is 6.01 Å². The first-order valence-electron chi connectivity index (χ1n) is 2.66. The van der Waals surface area contributed by atoms with Crippen molar-refractivity contribution in [3.8, 4) is 6.01 Å². The van der Waals surface area contributed by atoms with Gasteiger partial charge in [0, 0.05) is 12.4 Å². The molecule has 0 bridgehead atoms. The van der Waals surface area contributed by atoms with Gasteiger partial charge < -0.3 is 9.42 Å². The van der Waals surface area contributed by atoms with E-state index in [9.17, 15) is 4.57 Å². The highest BCUT2D eigenvalue weighted by Crippen LogP contribution is 2.30. The average molecular weight is 175 g/mol. The number of nitrogens with zero attached hydrogens (tertiary/aromatic N) is 2. The lowest BCUT2D eigenvalue weighted by Crippen LogP contribution is -2.02. The van der Waals surface area contributed by atoms with Gasteiger partial charge in [-0.3, -0.25) is 0 Å². The van der Waals surface area contributed by atoms with Gasteiger partial charge in [-0.25, -0.2) is 20.0 Å². The Morgan fingerprint density at radius 3 is 2.55 bits per heavy atom. The predicted octanol–water partition coefficient (Wildman–Crippen LogP) is -0.0855. The summed E-state index contributed by atoms with van der Waals surface area (Å²) in [6, 6.07) is 1.34. The highest BCUT2D eigenvalue weighted by Gasteiger charge is 2.13. The molecule has 1 unspecified atom stereocenters. The summed E-state index contributed by atoms with van der Waals surface area (Å²) >= 11 is 0. The van der Waals surface area contributed by atoms with Gasteiger partial charge in [0.25, 0.3) is 0 Å². The van der Waals surface area contributed by atoms with E-state index in [1.54, 1.807) is 6.07 Å². The molecule has 3 N–H and O–H groups in total. The standard InChI is InChI=1S/C4H6N3O3P/c5-11(8,9)10-4-6-2-1-3-7-4/h1-3H,(H3,5,8,9). The normalized spacial score (nSPS) is 15.5. The van der Waals surface area contributed by atoms with Crippen molar-refractivity contribution in [3.63, 3.8) is 0 Å². The van der Waals surface area contributed by atoms with Crippen molar-refractivity contribution in [1.82, 2.24) is 9.97 Å². The fourth-order valence-electron chi connectivity index (χ4n) is 0.450. The summed E-state index contributed by atoms with van der Waals surface area (Å²) in [7, 11) is -4.01. The van der Waals surface area contributed by atoms with Crippen LogP contribution in [-0.4, -0.2) is 14.9 Å². The summed E-state index contributed by atoms with van der Waals surface area (Å²) in [6.07, 6.45) is 2.75. The lowest BCUT2D eigenvalue weighted by Gasteiger charge is -2.03. The second-order valence-corrected chi connectivity index (χ2v) is 3.00. The molecule has 1 atom stereocenters. The van der Waals surface area contributed by atoms with Gasteiger partial charge in [0.1, 0.15) is 0 Å². The average Bonchev–Trinajstić information content (AvgIpc) is 1.85. The lowest BCUT2D eigenvalue weighted by molar-refractivity contribution is 0.368. The minimum Gasteiger partial charge on any atom is -0.378 e. The van der Waals surface area contributed by atoms with Crippen LogP contribution in [0.3, 0.4) is 0 Å². The SMILES string of the molecule is NP(=O)(O)Oc1ncccn1. The zero-order valence-corrected chi connectivity index (χ0v) is 6.31. The Morgan fingerprint density at radius 1 is 1.55 bits per heavy atom. The van der Waals surface area contributed by atoms with Crippen LogP contribution >= 0.6 is 7.75 Å². The largest absolute Gasteiger partial charge is 0.455 e. The molecule has 0 fully saturated rings. The van der Waals surface area contributed by atoms with E-state index in [0.29, 0.717) is 0 Å². The molecule has 1 rings (SSSR count). The number of nitrogens with two attached hydrogens (primary N) is 1. The minimum absolute atomic E-state index is 0.208. The number of hydrogen-bond donors (Lipinski definition) is 2. The molecule has 1 heterocycles. The molecule has 0 aliphatic rings. The van der Waals surface area contributed by atoms with E-state index in [0.717, 1.165) is 0 Å². The molecular weight excluding hydrogens is 169 g/mol. The van der Waals surface area contributed by atoms with Crippen molar-refractivity contribution in [2.24, 2.45) is 5.50 Å². The van der Waals surface area contributed by atoms with Crippen LogP contribution in [0.1, 0.15) is 0 Å². The quantitative estimate of drug-likeness (QED) is 0.609. The fraction of sp³-hybridized carbons (Fsp3) is 0. The Labute approximate surface area is 62.6 Å². The van der Waals surface area contributed by atoms with Crippen LogP contribution < -0.4 is 10.0 Å². The summed E-state index contributed by atoms with van der Waals surface area (Å²) in [5, 5.41) is 0. The van der Waals surface area contributed by atoms with E-state index in [2.05, 4.69) is 20.0 Å². The van der Waals surface area contributed by atoms with Crippen LogP contribution in [0.2, 0.25) is 0 Å². The first-order chi connectivity index (χ1) is 5.08. The first-order valence-corrected chi connectivity index (χ1v) is 4.30. The Balaban J connectivity index is 2.74. The third-order valence-corrected chi connectivity index (χ3v) is 1.18. The van der Waals surface area contributed by atoms with Crippen molar-refractivity contribution >= 4 is 7.75 Å². The zero-order chi connectivity index (χ0) is 8.32. The molecule has 0 saturated heterocycles. The molecule has 11 heavy (non-hydrogen) atoms. The van der Waals surface area contributed by atoms with Crippen LogP contribution in [0.25, 0.3) is 0 Å². The molecule has 0 aliphatic heterocycles. The van der Waals surface area contributed by atoms with Gasteiger partial charge in [0.05, 0.1) is 0 Å². The highest BCUT2D eigenvalue weighted by atomic mass is 31.2. The molecule has 1 aromatic rings. The van der Waals surface area contributed by atoms with E-state index in [1.807, 2.05) is 0 Å². The second-order valence-electron chi connectivity index (χ2n) is 1.69. The smallest absolute Gasteiger partial charge is 0.378 e. The second kappa shape index (κ2) is 2.96. The van der Waals surface area contributed by atoms with Crippen LogP contribution in [0.4, 0.5) is 0 Å². The van der Waals surface area contributed by atoms with E-state index in [4.69, 9.17) is 4.89 Å². The minimum atomic E-state index is -4.01. The predicted molar refractivity (Wildman–Crippen MR) is 36.7 cm³/mol.